The molecule has 0 aliphatic heterocycles. The number of hydrogen-bond donors (Lipinski definition) is 2. The second kappa shape index (κ2) is 6.18. The molecular weight excluding hydrogens is 301 g/mol. The minimum Gasteiger partial charge on any atom is -0.394 e. The fraction of sp³-hybridized carbons (Fsp3) is 0.400. The molecular formula is C10H13Cl2NO4S. The van der Waals surface area contributed by atoms with Gasteiger partial charge >= 0.3 is 0 Å². The number of halogens is 2. The molecule has 0 radical (unpaired) electrons. The maximum Gasteiger partial charge on any atom is 0.242 e. The van der Waals surface area contributed by atoms with Crippen LogP contribution in [0.5, 0.6) is 0 Å². The highest BCUT2D eigenvalue weighted by molar-refractivity contribution is 7.89. The van der Waals surface area contributed by atoms with Crippen LogP contribution in [-0.2, 0) is 10.0 Å². The van der Waals surface area contributed by atoms with Gasteiger partial charge in [-0.25, -0.2) is 8.42 Å². The number of likely N-dealkylation sites (N-methyl/N-ethyl adjacent to an activating group) is 1. The van der Waals surface area contributed by atoms with E-state index >= 15 is 0 Å². The molecule has 1 rings (SSSR count). The van der Waals surface area contributed by atoms with Gasteiger partial charge in [-0.05, 0) is 18.2 Å². The Morgan fingerprint density at radius 2 is 1.94 bits per heavy atom. The van der Waals surface area contributed by atoms with E-state index in [0.29, 0.717) is 0 Å². The van der Waals surface area contributed by atoms with Crippen molar-refractivity contribution in [3.8, 4) is 0 Å². The molecule has 18 heavy (non-hydrogen) atoms. The molecule has 102 valence electrons. The second-order valence-corrected chi connectivity index (χ2v) is 6.56. The van der Waals surface area contributed by atoms with Gasteiger partial charge in [0.2, 0.25) is 10.0 Å². The molecule has 0 fully saturated rings. The lowest BCUT2D eigenvalue weighted by Crippen LogP contribution is -2.35. The Hall–Kier alpha value is -0.370. The van der Waals surface area contributed by atoms with E-state index in [1.54, 1.807) is 0 Å². The average molecular weight is 314 g/mol. The fourth-order valence-electron chi connectivity index (χ4n) is 1.27. The van der Waals surface area contributed by atoms with Crippen molar-refractivity contribution in [2.45, 2.75) is 11.0 Å². The third-order valence-corrected chi connectivity index (χ3v) is 4.84. The highest BCUT2D eigenvalue weighted by Crippen LogP contribution is 2.26. The quantitative estimate of drug-likeness (QED) is 0.849. The van der Waals surface area contributed by atoms with Crippen LogP contribution in [0.2, 0.25) is 10.0 Å². The zero-order chi connectivity index (χ0) is 13.9. The highest BCUT2D eigenvalue weighted by atomic mass is 35.5. The van der Waals surface area contributed by atoms with Crippen LogP contribution in [0.3, 0.4) is 0 Å². The first-order valence-corrected chi connectivity index (χ1v) is 7.19. The zero-order valence-electron chi connectivity index (χ0n) is 9.55. The molecule has 8 heteroatoms. The number of nitrogens with zero attached hydrogens (tertiary/aromatic N) is 1. The molecule has 0 saturated heterocycles. The van der Waals surface area contributed by atoms with Crippen LogP contribution in [0, 0.1) is 0 Å². The van der Waals surface area contributed by atoms with Crippen molar-refractivity contribution in [2.24, 2.45) is 0 Å². The van der Waals surface area contributed by atoms with Crippen molar-refractivity contribution in [3.05, 3.63) is 28.2 Å². The summed E-state index contributed by atoms with van der Waals surface area (Å²) in [5, 5.41) is 18.3. The van der Waals surface area contributed by atoms with E-state index in [9.17, 15) is 13.5 Å². The summed E-state index contributed by atoms with van der Waals surface area (Å²) in [6, 6.07) is 3.94. The van der Waals surface area contributed by atoms with Gasteiger partial charge in [-0.3, -0.25) is 0 Å². The van der Waals surface area contributed by atoms with Gasteiger partial charge in [-0.2, -0.15) is 4.31 Å². The minimum atomic E-state index is -3.76. The normalized spacial score (nSPS) is 13.9. The molecule has 0 saturated carbocycles. The number of aliphatic hydroxyl groups excluding tert-OH is 2. The Labute approximate surface area is 116 Å². The average Bonchev–Trinajstić information content (AvgIpc) is 2.32. The Balaban J connectivity index is 3.02. The van der Waals surface area contributed by atoms with Crippen molar-refractivity contribution in [1.29, 1.82) is 0 Å². The monoisotopic (exact) mass is 313 g/mol. The van der Waals surface area contributed by atoms with Crippen LogP contribution < -0.4 is 0 Å². The van der Waals surface area contributed by atoms with E-state index in [2.05, 4.69) is 0 Å². The first-order valence-electron chi connectivity index (χ1n) is 4.99. The Morgan fingerprint density at radius 1 is 1.33 bits per heavy atom. The summed E-state index contributed by atoms with van der Waals surface area (Å²) in [4.78, 5) is -0.0236. The molecule has 0 heterocycles. The first-order chi connectivity index (χ1) is 8.28. The van der Waals surface area contributed by atoms with Gasteiger partial charge in [0, 0.05) is 13.6 Å². The van der Waals surface area contributed by atoms with E-state index < -0.39 is 22.7 Å². The predicted octanol–water partition coefficient (Wildman–Crippen LogP) is 0.967. The number of benzene rings is 1. The van der Waals surface area contributed by atoms with E-state index in [4.69, 9.17) is 28.3 Å². The number of hydrogen-bond acceptors (Lipinski definition) is 4. The fourth-order valence-corrected chi connectivity index (χ4v) is 2.87. The van der Waals surface area contributed by atoms with E-state index in [0.717, 1.165) is 4.31 Å². The zero-order valence-corrected chi connectivity index (χ0v) is 11.9. The summed E-state index contributed by atoms with van der Waals surface area (Å²) in [6.45, 7) is -0.722. The maximum absolute atomic E-state index is 12.1. The predicted molar refractivity (Wildman–Crippen MR) is 69.4 cm³/mol. The largest absolute Gasteiger partial charge is 0.394 e. The van der Waals surface area contributed by atoms with Crippen molar-refractivity contribution in [2.75, 3.05) is 20.2 Å². The first kappa shape index (κ1) is 15.7. The molecule has 1 atom stereocenters. The lowest BCUT2D eigenvalue weighted by atomic mass is 10.4. The lowest BCUT2D eigenvalue weighted by Gasteiger charge is -2.19. The molecule has 2 N–H and O–H groups in total. The lowest BCUT2D eigenvalue weighted by molar-refractivity contribution is 0.0826. The van der Waals surface area contributed by atoms with Crippen LogP contribution in [-0.4, -0.2) is 49.2 Å². The van der Waals surface area contributed by atoms with Gasteiger partial charge in [-0.15, -0.1) is 0 Å². The SMILES string of the molecule is CN(CC(O)CO)S(=O)(=O)c1ccc(Cl)c(Cl)c1. The smallest absolute Gasteiger partial charge is 0.242 e. The molecule has 5 nitrogen and oxygen atoms in total. The molecule has 0 aliphatic rings. The third-order valence-electron chi connectivity index (χ3n) is 2.28. The third kappa shape index (κ3) is 3.57. The summed E-state index contributed by atoms with van der Waals surface area (Å²) in [5.74, 6) is 0. The summed E-state index contributed by atoms with van der Waals surface area (Å²) in [5.41, 5.74) is 0. The van der Waals surface area contributed by atoms with Crippen molar-refractivity contribution in [1.82, 2.24) is 4.31 Å². The van der Waals surface area contributed by atoms with Gasteiger partial charge in [-0.1, -0.05) is 23.2 Å². The van der Waals surface area contributed by atoms with Gasteiger partial charge in [0.15, 0.2) is 0 Å². The van der Waals surface area contributed by atoms with Crippen molar-refractivity contribution >= 4 is 33.2 Å². The van der Waals surface area contributed by atoms with E-state index in [1.807, 2.05) is 0 Å². The van der Waals surface area contributed by atoms with Gasteiger partial charge in [0.1, 0.15) is 0 Å². The topological polar surface area (TPSA) is 77.8 Å². The van der Waals surface area contributed by atoms with Gasteiger partial charge < -0.3 is 10.2 Å². The molecule has 0 spiro atoms. The molecule has 1 aromatic carbocycles. The van der Waals surface area contributed by atoms with Crippen molar-refractivity contribution < 1.29 is 18.6 Å². The van der Waals surface area contributed by atoms with Gasteiger partial charge in [0.25, 0.3) is 0 Å². The van der Waals surface area contributed by atoms with E-state index in [-0.39, 0.29) is 21.5 Å². The van der Waals surface area contributed by atoms with Crippen LogP contribution in [0.4, 0.5) is 0 Å². The summed E-state index contributed by atoms with van der Waals surface area (Å²) >= 11 is 11.5. The summed E-state index contributed by atoms with van der Waals surface area (Å²) < 4.78 is 25.1. The molecule has 0 aliphatic carbocycles. The Kier molecular flexibility index (Phi) is 5.39. The van der Waals surface area contributed by atoms with Crippen LogP contribution in [0.1, 0.15) is 0 Å². The molecule has 0 aromatic heterocycles. The molecule has 0 amide bonds. The number of sulfonamides is 1. The maximum atomic E-state index is 12.1. The van der Waals surface area contributed by atoms with Crippen LogP contribution in [0.15, 0.2) is 23.1 Å². The standard InChI is InChI=1S/C10H13Cl2NO4S/c1-13(5-7(15)6-14)18(16,17)8-2-3-9(11)10(12)4-8/h2-4,7,14-15H,5-6H2,1H3. The Morgan fingerprint density at radius 3 is 2.44 bits per heavy atom. The molecule has 0 bridgehead atoms. The summed E-state index contributed by atoms with van der Waals surface area (Å²) in [6.07, 6.45) is -1.13. The van der Waals surface area contributed by atoms with E-state index in [1.165, 1.54) is 25.2 Å². The number of aliphatic hydroxyl groups is 2. The molecule has 1 unspecified atom stereocenters. The van der Waals surface area contributed by atoms with Crippen LogP contribution >= 0.6 is 23.2 Å². The second-order valence-electron chi connectivity index (χ2n) is 3.70. The summed E-state index contributed by atoms with van der Waals surface area (Å²) in [7, 11) is -2.46. The highest BCUT2D eigenvalue weighted by Gasteiger charge is 2.23. The number of rotatable bonds is 5. The van der Waals surface area contributed by atoms with Crippen molar-refractivity contribution in [3.63, 3.8) is 0 Å². The van der Waals surface area contributed by atoms with Crippen LogP contribution in [0.25, 0.3) is 0 Å². The molecule has 1 aromatic rings. The Bertz CT molecular complexity index is 521. The van der Waals surface area contributed by atoms with Gasteiger partial charge in [0.05, 0.1) is 27.7 Å². The minimum absolute atomic E-state index is 0.0236.